The molecule has 0 rings (SSSR count). The van der Waals surface area contributed by atoms with Gasteiger partial charge in [-0.3, -0.25) is 9.59 Å². The molecule has 0 heterocycles. The first-order valence-electron chi connectivity index (χ1n) is 36.9. The fourth-order valence-electron chi connectivity index (χ4n) is 11.7. The van der Waals surface area contributed by atoms with E-state index in [1.54, 1.807) is 0 Å². The van der Waals surface area contributed by atoms with Crippen molar-refractivity contribution in [2.75, 3.05) is 13.2 Å². The molecule has 5 heteroatoms. The number of ether oxygens (including phenoxy) is 2. The number of unbranched alkanes of at least 4 members (excludes halogenated alkanes) is 58. The van der Waals surface area contributed by atoms with Crippen LogP contribution in [0.2, 0.25) is 0 Å². The third kappa shape index (κ3) is 68.9. The Labute approximate surface area is 502 Å². The monoisotopic (exact) mass is 1130 g/mol. The van der Waals surface area contributed by atoms with Crippen LogP contribution in [0, 0.1) is 0 Å². The average molecular weight is 1130 g/mol. The van der Waals surface area contributed by atoms with Crippen molar-refractivity contribution in [3.8, 4) is 0 Å². The van der Waals surface area contributed by atoms with Gasteiger partial charge in [-0.15, -0.1) is 0 Å². The first-order valence-corrected chi connectivity index (χ1v) is 36.9. The van der Waals surface area contributed by atoms with Crippen molar-refractivity contribution in [3.05, 3.63) is 24.3 Å². The Hall–Kier alpha value is -1.62. The average Bonchev–Trinajstić information content (AvgIpc) is 3.46. The number of esters is 2. The Bertz CT molecular complexity index is 1230. The van der Waals surface area contributed by atoms with Gasteiger partial charge in [0.25, 0.3) is 0 Å². The molecule has 0 amide bonds. The maximum Gasteiger partial charge on any atom is 0.306 e. The number of hydrogen-bond acceptors (Lipinski definition) is 5. The summed E-state index contributed by atoms with van der Waals surface area (Å²) in [4.78, 5) is 24.7. The molecule has 0 aromatic carbocycles. The Morgan fingerprint density at radius 2 is 0.463 bits per heavy atom. The van der Waals surface area contributed by atoms with E-state index < -0.39 is 6.10 Å². The second-order valence-electron chi connectivity index (χ2n) is 25.4. The van der Waals surface area contributed by atoms with Crippen molar-refractivity contribution >= 4 is 11.9 Å². The number of carbonyl (C=O) groups excluding carboxylic acids is 2. The Kier molecular flexibility index (Phi) is 70.2. The summed E-state index contributed by atoms with van der Waals surface area (Å²) in [5.74, 6) is -0.562. The molecule has 0 saturated heterocycles. The van der Waals surface area contributed by atoms with Gasteiger partial charge >= 0.3 is 11.9 Å². The summed E-state index contributed by atoms with van der Waals surface area (Å²) < 4.78 is 10.8. The van der Waals surface area contributed by atoms with E-state index in [1.807, 2.05) is 0 Å². The molecule has 1 N–H and O–H groups in total. The van der Waals surface area contributed by atoms with Crippen molar-refractivity contribution in [1.82, 2.24) is 0 Å². The molecular weight excluding hydrogens is 981 g/mol. The van der Waals surface area contributed by atoms with Gasteiger partial charge in [0.15, 0.2) is 6.10 Å². The van der Waals surface area contributed by atoms with Crippen LogP contribution >= 0.6 is 0 Å². The maximum atomic E-state index is 12.4. The Balaban J connectivity index is 3.36. The Morgan fingerprint density at radius 3 is 0.675 bits per heavy atom. The molecule has 0 spiro atoms. The summed E-state index contributed by atoms with van der Waals surface area (Å²) in [5.41, 5.74) is 0. The number of aliphatic hydroxyl groups excluding tert-OH is 1. The van der Waals surface area contributed by atoms with Gasteiger partial charge in [-0.1, -0.05) is 372 Å². The molecule has 1 unspecified atom stereocenters. The minimum absolute atomic E-state index is 0.0578. The topological polar surface area (TPSA) is 72.8 Å². The fourth-order valence-corrected chi connectivity index (χ4v) is 11.7. The number of carbonyl (C=O) groups is 2. The van der Waals surface area contributed by atoms with E-state index in [4.69, 9.17) is 9.47 Å². The molecule has 5 nitrogen and oxygen atoms in total. The van der Waals surface area contributed by atoms with Crippen LogP contribution in [-0.2, 0) is 19.1 Å². The molecule has 0 saturated carbocycles. The smallest absolute Gasteiger partial charge is 0.306 e. The number of hydrogen-bond donors (Lipinski definition) is 1. The standard InChI is InChI=1S/C75H144O5/c1-3-5-7-9-11-13-15-17-19-21-23-25-27-29-31-33-35-36-37-38-40-42-44-46-48-50-52-54-56-58-60-62-64-66-68-70-75(78)80-73(71-76)72-79-74(77)69-67-65-63-61-59-57-55-53-51-49-47-45-43-41-39-34-32-30-28-26-24-22-20-18-16-14-12-10-8-6-4-2/h21-24,73,76H,3-20,25-72H2,1-2H3/b23-21-,24-22-. The highest BCUT2D eigenvalue weighted by atomic mass is 16.6. The SMILES string of the molecule is CCCCCCCCCC/C=C\CCCCCCCCCCCCCCCCCCCCCCCCCC(=O)OC(CO)COC(=O)CCCCCCCCCCCCCCCCCCCCC/C=C\CCCCCCCCCC. The summed E-state index contributed by atoms with van der Waals surface area (Å²) in [5, 5.41) is 9.71. The molecular formula is C75H144O5. The van der Waals surface area contributed by atoms with E-state index >= 15 is 0 Å². The lowest BCUT2D eigenvalue weighted by atomic mass is 10.0. The third-order valence-corrected chi connectivity index (χ3v) is 17.2. The van der Waals surface area contributed by atoms with Gasteiger partial charge in [-0.2, -0.15) is 0 Å². The van der Waals surface area contributed by atoms with Crippen LogP contribution < -0.4 is 0 Å². The van der Waals surface area contributed by atoms with E-state index in [0.717, 1.165) is 32.1 Å². The molecule has 0 aromatic heterocycles. The van der Waals surface area contributed by atoms with Crippen molar-refractivity contribution in [1.29, 1.82) is 0 Å². The van der Waals surface area contributed by atoms with Crippen LogP contribution in [0.5, 0.6) is 0 Å². The second-order valence-corrected chi connectivity index (χ2v) is 25.4. The molecule has 0 aliphatic rings. The highest BCUT2D eigenvalue weighted by Gasteiger charge is 2.16. The van der Waals surface area contributed by atoms with Crippen LogP contribution in [0.3, 0.4) is 0 Å². The zero-order chi connectivity index (χ0) is 57.6. The van der Waals surface area contributed by atoms with Crippen molar-refractivity contribution in [2.45, 2.75) is 431 Å². The van der Waals surface area contributed by atoms with E-state index in [0.29, 0.717) is 12.8 Å². The van der Waals surface area contributed by atoms with Gasteiger partial charge < -0.3 is 14.6 Å². The van der Waals surface area contributed by atoms with Gasteiger partial charge in [0.05, 0.1) is 6.61 Å². The molecule has 0 aliphatic carbocycles. The Morgan fingerprint density at radius 1 is 0.275 bits per heavy atom. The maximum absolute atomic E-state index is 12.4. The normalized spacial score (nSPS) is 12.2. The lowest BCUT2D eigenvalue weighted by Crippen LogP contribution is -2.28. The second kappa shape index (κ2) is 71.6. The number of allylic oxidation sites excluding steroid dienone is 4. The molecule has 0 bridgehead atoms. The summed E-state index contributed by atoms with van der Waals surface area (Å²) in [6.07, 6.45) is 93.9. The zero-order valence-corrected chi connectivity index (χ0v) is 54.6. The highest BCUT2D eigenvalue weighted by Crippen LogP contribution is 2.19. The third-order valence-electron chi connectivity index (χ3n) is 17.2. The lowest BCUT2D eigenvalue weighted by molar-refractivity contribution is -0.161. The zero-order valence-electron chi connectivity index (χ0n) is 54.6. The first kappa shape index (κ1) is 78.4. The van der Waals surface area contributed by atoms with Gasteiger partial charge in [-0.05, 0) is 64.2 Å². The van der Waals surface area contributed by atoms with Crippen LogP contribution in [-0.4, -0.2) is 36.4 Å². The quantitative estimate of drug-likeness (QED) is 0.0373. The molecule has 0 radical (unpaired) electrons. The van der Waals surface area contributed by atoms with E-state index in [-0.39, 0.29) is 25.2 Å². The summed E-state index contributed by atoms with van der Waals surface area (Å²) >= 11 is 0. The lowest BCUT2D eigenvalue weighted by Gasteiger charge is -2.15. The van der Waals surface area contributed by atoms with Crippen LogP contribution in [0.1, 0.15) is 425 Å². The van der Waals surface area contributed by atoms with E-state index in [1.165, 1.54) is 366 Å². The minimum atomic E-state index is -0.769. The summed E-state index contributed by atoms with van der Waals surface area (Å²) in [6, 6.07) is 0. The van der Waals surface area contributed by atoms with Gasteiger partial charge in [0.1, 0.15) is 6.61 Å². The van der Waals surface area contributed by atoms with E-state index in [2.05, 4.69) is 38.2 Å². The van der Waals surface area contributed by atoms with Crippen molar-refractivity contribution in [3.63, 3.8) is 0 Å². The molecule has 1 atom stereocenters. The summed E-state index contributed by atoms with van der Waals surface area (Å²) in [7, 11) is 0. The van der Waals surface area contributed by atoms with Gasteiger partial charge in [-0.25, -0.2) is 0 Å². The molecule has 0 fully saturated rings. The number of aliphatic hydroxyl groups is 1. The van der Waals surface area contributed by atoms with E-state index in [9.17, 15) is 14.7 Å². The van der Waals surface area contributed by atoms with Crippen LogP contribution in [0.4, 0.5) is 0 Å². The van der Waals surface area contributed by atoms with Gasteiger partial charge in [0, 0.05) is 12.8 Å². The van der Waals surface area contributed by atoms with Gasteiger partial charge in [0.2, 0.25) is 0 Å². The largest absolute Gasteiger partial charge is 0.462 e. The van der Waals surface area contributed by atoms with Crippen LogP contribution in [0.25, 0.3) is 0 Å². The summed E-state index contributed by atoms with van der Waals surface area (Å²) in [6.45, 7) is 4.21. The van der Waals surface area contributed by atoms with Crippen molar-refractivity contribution in [2.24, 2.45) is 0 Å². The number of rotatable bonds is 70. The molecule has 0 aliphatic heterocycles. The minimum Gasteiger partial charge on any atom is -0.462 e. The van der Waals surface area contributed by atoms with Crippen LogP contribution in [0.15, 0.2) is 24.3 Å². The molecule has 474 valence electrons. The molecule has 0 aromatic rings. The van der Waals surface area contributed by atoms with Crippen molar-refractivity contribution < 1.29 is 24.2 Å². The predicted octanol–water partition coefficient (Wildman–Crippen LogP) is 25.6. The fraction of sp³-hybridized carbons (Fsp3) is 0.920. The first-order chi connectivity index (χ1) is 39.6. The highest BCUT2D eigenvalue weighted by molar-refractivity contribution is 5.70. The predicted molar refractivity (Wildman–Crippen MR) is 353 cm³/mol. The molecule has 80 heavy (non-hydrogen) atoms.